The second kappa shape index (κ2) is 24.4. The molecule has 0 rings (SSSR count). The van der Waals surface area contributed by atoms with Crippen molar-refractivity contribution < 1.29 is 17.0 Å². The number of halogens is 1. The van der Waals surface area contributed by atoms with Gasteiger partial charge in [0.2, 0.25) is 5.50 Å². The third kappa shape index (κ3) is 22.8. The first kappa shape index (κ1) is 33.0. The third-order valence-corrected chi connectivity index (χ3v) is 7.20. The molecule has 0 aromatic heterocycles. The molecule has 0 saturated carbocycles. The highest BCUT2D eigenvalue weighted by Gasteiger charge is 2.25. The summed E-state index contributed by atoms with van der Waals surface area (Å²) in [4.78, 5) is 0. The monoisotopic (exact) mass is 467 g/mol. The first-order valence-electron chi connectivity index (χ1n) is 13.1. The smallest absolute Gasteiger partial charge is 0.299 e. The summed E-state index contributed by atoms with van der Waals surface area (Å²) in [5, 5.41) is 0. The van der Waals surface area contributed by atoms with Crippen molar-refractivity contribution >= 4 is 10.1 Å². The molecule has 1 atom stereocenters. The van der Waals surface area contributed by atoms with E-state index in [0.29, 0.717) is 12.8 Å². The van der Waals surface area contributed by atoms with Crippen molar-refractivity contribution in [3.8, 4) is 0 Å². The van der Waals surface area contributed by atoms with Gasteiger partial charge >= 0.3 is 0 Å². The van der Waals surface area contributed by atoms with Gasteiger partial charge < -0.3 is 6.15 Å². The van der Waals surface area contributed by atoms with Crippen molar-refractivity contribution in [3.63, 3.8) is 0 Å². The molecule has 0 amide bonds. The summed E-state index contributed by atoms with van der Waals surface area (Å²) >= 11 is 0. The van der Waals surface area contributed by atoms with Crippen LogP contribution in [0.2, 0.25) is 0 Å². The van der Waals surface area contributed by atoms with Gasteiger partial charge in [-0.25, -0.2) is 4.39 Å². The predicted molar refractivity (Wildman–Crippen MR) is 133 cm³/mol. The van der Waals surface area contributed by atoms with Crippen LogP contribution in [0, 0.1) is 0 Å². The third-order valence-electron chi connectivity index (χ3n) is 5.84. The fraction of sp³-hybridized carbons (Fsp3) is 1.00. The Morgan fingerprint density at radius 1 is 0.581 bits per heavy atom. The lowest BCUT2D eigenvalue weighted by atomic mass is 10.0. The van der Waals surface area contributed by atoms with Gasteiger partial charge in [0.25, 0.3) is 10.1 Å². The minimum absolute atomic E-state index is 0. The summed E-state index contributed by atoms with van der Waals surface area (Å²) < 4.78 is 42.4. The Bertz CT molecular complexity index is 446. The molecule has 0 radical (unpaired) electrons. The van der Waals surface area contributed by atoms with E-state index in [1.165, 1.54) is 77.0 Å². The number of hydrogen-bond donors (Lipinski definition) is 1. The molecule has 4 nitrogen and oxygen atoms in total. The minimum Gasteiger partial charge on any atom is -0.344 e. The summed E-state index contributed by atoms with van der Waals surface area (Å²) in [6.45, 7) is 4.50. The zero-order valence-corrected chi connectivity index (χ0v) is 21.7. The van der Waals surface area contributed by atoms with Crippen LogP contribution >= 0.6 is 0 Å². The van der Waals surface area contributed by atoms with Crippen LogP contribution in [0.4, 0.5) is 4.39 Å². The van der Waals surface area contributed by atoms with Crippen LogP contribution in [-0.2, 0) is 14.3 Å². The molecule has 0 fully saturated rings. The maximum atomic E-state index is 13.9. The van der Waals surface area contributed by atoms with Crippen LogP contribution < -0.4 is 6.15 Å². The van der Waals surface area contributed by atoms with Crippen molar-refractivity contribution in [2.45, 2.75) is 154 Å². The Balaban J connectivity index is 0. The Morgan fingerprint density at radius 3 is 1.29 bits per heavy atom. The van der Waals surface area contributed by atoms with Gasteiger partial charge in [-0.05, 0) is 19.3 Å². The van der Waals surface area contributed by atoms with E-state index >= 15 is 0 Å². The number of alkyl halides is 1. The van der Waals surface area contributed by atoms with Crippen LogP contribution in [0.15, 0.2) is 0 Å². The van der Waals surface area contributed by atoms with Gasteiger partial charge in [-0.3, -0.25) is 4.18 Å². The first-order chi connectivity index (χ1) is 14.5. The molecule has 31 heavy (non-hydrogen) atoms. The van der Waals surface area contributed by atoms with Gasteiger partial charge in [-0.15, -0.1) is 0 Å². The largest absolute Gasteiger partial charge is 0.344 e. The molecule has 0 aliphatic heterocycles. The summed E-state index contributed by atoms with van der Waals surface area (Å²) in [5.41, 5.74) is -1.87. The van der Waals surface area contributed by atoms with E-state index in [0.717, 1.165) is 38.5 Å². The zero-order chi connectivity index (χ0) is 22.3. The first-order valence-corrected chi connectivity index (χ1v) is 14.5. The van der Waals surface area contributed by atoms with Crippen molar-refractivity contribution in [1.82, 2.24) is 6.15 Å². The Labute approximate surface area is 194 Å². The molecule has 0 aromatic carbocycles. The normalized spacial score (nSPS) is 12.6. The molecule has 0 aromatic rings. The minimum atomic E-state index is -4.04. The second-order valence-corrected chi connectivity index (χ2v) is 10.6. The van der Waals surface area contributed by atoms with Crippen molar-refractivity contribution in [3.05, 3.63) is 0 Å². The Morgan fingerprint density at radius 2 is 0.903 bits per heavy atom. The Hall–Kier alpha value is -0.200. The van der Waals surface area contributed by atoms with E-state index in [9.17, 15) is 12.8 Å². The molecule has 0 aliphatic carbocycles. The molecule has 1 unspecified atom stereocenters. The molecule has 0 spiro atoms. The average molecular weight is 468 g/mol. The molecule has 0 aliphatic rings. The number of hydrogen-bond acceptors (Lipinski definition) is 4. The fourth-order valence-corrected chi connectivity index (χ4v) is 4.73. The van der Waals surface area contributed by atoms with E-state index < -0.39 is 15.6 Å². The van der Waals surface area contributed by atoms with Crippen LogP contribution in [0.5, 0.6) is 0 Å². The molecule has 0 bridgehead atoms. The van der Waals surface area contributed by atoms with Crippen LogP contribution in [-0.4, -0.2) is 20.5 Å². The molecule has 6 heteroatoms. The maximum absolute atomic E-state index is 13.9. The van der Waals surface area contributed by atoms with E-state index in [1.54, 1.807) is 0 Å². The topological polar surface area (TPSA) is 78.4 Å². The highest BCUT2D eigenvalue weighted by Crippen LogP contribution is 2.17. The van der Waals surface area contributed by atoms with Gasteiger partial charge in [-0.1, -0.05) is 129 Å². The van der Waals surface area contributed by atoms with E-state index in [2.05, 4.69) is 13.8 Å². The van der Waals surface area contributed by atoms with Gasteiger partial charge in [0.15, 0.2) is 0 Å². The average Bonchev–Trinajstić information content (AvgIpc) is 2.73. The fourth-order valence-electron chi connectivity index (χ4n) is 3.78. The second-order valence-electron chi connectivity index (χ2n) is 8.88. The number of rotatable bonds is 24. The lowest BCUT2D eigenvalue weighted by Gasteiger charge is -2.10. The lowest BCUT2D eigenvalue weighted by Crippen LogP contribution is -2.19. The predicted octanol–water partition coefficient (Wildman–Crippen LogP) is 9.02. The van der Waals surface area contributed by atoms with Crippen molar-refractivity contribution in [2.24, 2.45) is 0 Å². The molecule has 3 N–H and O–H groups in total. The summed E-state index contributed by atoms with van der Waals surface area (Å²) in [5.74, 6) is 0. The quantitative estimate of drug-likeness (QED) is 0.113. The number of unbranched alkanes of at least 4 members (excludes halogenated alkanes) is 18. The van der Waals surface area contributed by atoms with Crippen LogP contribution in [0.3, 0.4) is 0 Å². The van der Waals surface area contributed by atoms with Gasteiger partial charge in [0.1, 0.15) is 0 Å². The standard InChI is InChI=1S/C25H51FO3S.H3N/c1-3-5-7-9-10-11-12-13-14-15-16-17-18-20-22-24-29-30(27,28)25(26)23-21-19-8-6-4-2;/h25H,3-24H2,1-2H3;1H3. The Kier molecular flexibility index (Phi) is 26.0. The molecule has 0 heterocycles. The maximum Gasteiger partial charge on any atom is 0.299 e. The van der Waals surface area contributed by atoms with Crippen molar-refractivity contribution in [2.75, 3.05) is 6.61 Å². The SMILES string of the molecule is CCCCCCCCCCCCCCCCCOS(=O)(=O)C(F)CCCCCCC.N. The highest BCUT2D eigenvalue weighted by atomic mass is 32.2. The van der Waals surface area contributed by atoms with E-state index in [1.807, 2.05) is 0 Å². The molecular weight excluding hydrogens is 413 g/mol. The molecular formula is C25H54FNO3S. The zero-order valence-electron chi connectivity index (χ0n) is 20.9. The summed E-state index contributed by atoms with van der Waals surface area (Å²) in [7, 11) is -4.04. The van der Waals surface area contributed by atoms with E-state index in [-0.39, 0.29) is 19.2 Å². The van der Waals surface area contributed by atoms with Crippen LogP contribution in [0.25, 0.3) is 0 Å². The van der Waals surface area contributed by atoms with Crippen molar-refractivity contribution in [1.29, 1.82) is 0 Å². The van der Waals surface area contributed by atoms with Gasteiger partial charge in [0, 0.05) is 0 Å². The van der Waals surface area contributed by atoms with Gasteiger partial charge in [-0.2, -0.15) is 8.42 Å². The van der Waals surface area contributed by atoms with Crippen LogP contribution in [0.1, 0.15) is 149 Å². The van der Waals surface area contributed by atoms with E-state index in [4.69, 9.17) is 4.18 Å². The molecule has 190 valence electrons. The summed E-state index contributed by atoms with van der Waals surface area (Å²) in [6.07, 6.45) is 23.8. The highest BCUT2D eigenvalue weighted by molar-refractivity contribution is 7.87. The van der Waals surface area contributed by atoms with Gasteiger partial charge in [0.05, 0.1) is 6.61 Å². The summed E-state index contributed by atoms with van der Waals surface area (Å²) in [6, 6.07) is 0. The molecule has 0 saturated heterocycles. The lowest BCUT2D eigenvalue weighted by molar-refractivity contribution is 0.270.